The summed E-state index contributed by atoms with van der Waals surface area (Å²) < 4.78 is 0. The number of hydrogen-bond acceptors (Lipinski definition) is 2. The monoisotopic (exact) mass is 243 g/mol. The zero-order valence-electron chi connectivity index (χ0n) is 9.14. The number of aryl methyl sites for hydroxylation is 1. The maximum atomic E-state index is 10.4. The Hall–Kier alpha value is -1.26. The average Bonchev–Trinajstić information content (AvgIpc) is 2.21. The highest BCUT2D eigenvalue weighted by atomic mass is 35.5. The Morgan fingerprint density at radius 2 is 2.19 bits per heavy atom. The molecule has 0 aliphatic heterocycles. The molecule has 1 unspecified atom stereocenters. The highest BCUT2D eigenvalue weighted by molar-refractivity contribution is 6.31. The topological polar surface area (TPSA) is 60.8 Å². The minimum Gasteiger partial charge on any atom is -0.463 e. The third-order valence-electron chi connectivity index (χ3n) is 2.43. The van der Waals surface area contributed by atoms with E-state index in [1.807, 2.05) is 26.0 Å². The highest BCUT2D eigenvalue weighted by Gasteiger charge is 2.14. The molecule has 0 saturated heterocycles. The quantitative estimate of drug-likeness (QED) is 0.633. The van der Waals surface area contributed by atoms with Crippen molar-refractivity contribution in [2.24, 2.45) is 0 Å². The highest BCUT2D eigenvalue weighted by Crippen LogP contribution is 2.22. The summed E-state index contributed by atoms with van der Waals surface area (Å²) in [5, 5.41) is 18.5. The van der Waals surface area contributed by atoms with Crippen LogP contribution in [0.2, 0.25) is 5.02 Å². The first-order chi connectivity index (χ1) is 7.41. The van der Waals surface area contributed by atoms with E-state index in [0.29, 0.717) is 5.02 Å². The summed E-state index contributed by atoms with van der Waals surface area (Å²) in [6, 6.07) is 5.54. The van der Waals surface area contributed by atoms with Gasteiger partial charge in [-0.15, -0.1) is 0 Å². The number of amides is 1. The Balaban J connectivity index is 2.76. The van der Waals surface area contributed by atoms with Gasteiger partial charge < -0.3 is 5.11 Å². The van der Waals surface area contributed by atoms with Crippen LogP contribution < -0.4 is 0 Å². The predicted molar refractivity (Wildman–Crippen MR) is 61.1 cm³/mol. The van der Waals surface area contributed by atoms with E-state index in [1.165, 1.54) is 0 Å². The molecule has 1 aromatic rings. The molecule has 2 N–H and O–H groups in total. The van der Waals surface area contributed by atoms with E-state index in [-0.39, 0.29) is 17.5 Å². The van der Waals surface area contributed by atoms with Gasteiger partial charge in [0.05, 0.1) is 6.54 Å². The van der Waals surface area contributed by atoms with Crippen molar-refractivity contribution in [3.63, 3.8) is 0 Å². The first kappa shape index (κ1) is 12.8. The van der Waals surface area contributed by atoms with Gasteiger partial charge in [-0.1, -0.05) is 30.7 Å². The second-order valence-corrected chi connectivity index (χ2v) is 4.18. The summed E-state index contributed by atoms with van der Waals surface area (Å²) in [5.41, 5.74) is 1.87. The van der Waals surface area contributed by atoms with Crippen molar-refractivity contribution in [2.75, 3.05) is 6.54 Å². The second-order valence-electron chi connectivity index (χ2n) is 3.77. The van der Waals surface area contributed by atoms with Crippen molar-refractivity contribution in [2.45, 2.75) is 19.8 Å². The summed E-state index contributed by atoms with van der Waals surface area (Å²) in [6.07, 6.45) is -1.36. The number of hydroxylamine groups is 2. The number of carboxylic acid groups (broad SMARTS) is 1. The van der Waals surface area contributed by atoms with Crippen molar-refractivity contribution in [3.8, 4) is 0 Å². The summed E-state index contributed by atoms with van der Waals surface area (Å²) in [5.74, 6) is -0.112. The number of nitrogens with zero attached hydrogens (tertiary/aromatic N) is 1. The van der Waals surface area contributed by atoms with Crippen molar-refractivity contribution < 1.29 is 15.1 Å². The maximum absolute atomic E-state index is 10.4. The summed E-state index contributed by atoms with van der Waals surface area (Å²) >= 11 is 5.96. The Bertz CT molecular complexity index is 395. The summed E-state index contributed by atoms with van der Waals surface area (Å²) in [6.45, 7) is 3.74. The molecule has 0 spiro atoms. The van der Waals surface area contributed by atoms with Gasteiger partial charge in [0.1, 0.15) is 0 Å². The van der Waals surface area contributed by atoms with Crippen LogP contribution in [0.25, 0.3) is 0 Å². The van der Waals surface area contributed by atoms with Crippen LogP contribution in [0.1, 0.15) is 24.0 Å². The predicted octanol–water partition coefficient (Wildman–Crippen LogP) is 3.12. The fourth-order valence-corrected chi connectivity index (χ4v) is 1.55. The minimum atomic E-state index is -1.36. The van der Waals surface area contributed by atoms with Crippen LogP contribution in [0, 0.1) is 6.92 Å². The van der Waals surface area contributed by atoms with E-state index < -0.39 is 6.09 Å². The summed E-state index contributed by atoms with van der Waals surface area (Å²) in [7, 11) is 0. The number of rotatable bonds is 3. The lowest BCUT2D eigenvalue weighted by molar-refractivity contribution is -0.0667. The number of hydrogen-bond donors (Lipinski definition) is 2. The minimum absolute atomic E-state index is 0.0225. The molecule has 16 heavy (non-hydrogen) atoms. The van der Waals surface area contributed by atoms with Crippen LogP contribution in [0.4, 0.5) is 4.79 Å². The molecule has 1 amide bonds. The van der Waals surface area contributed by atoms with Gasteiger partial charge >= 0.3 is 6.09 Å². The maximum Gasteiger partial charge on any atom is 0.431 e. The number of halogens is 1. The normalized spacial score (nSPS) is 12.2. The smallest absolute Gasteiger partial charge is 0.431 e. The molecule has 0 aliphatic carbocycles. The number of carbonyl (C=O) groups is 1. The van der Waals surface area contributed by atoms with E-state index in [0.717, 1.165) is 11.1 Å². The molecule has 0 saturated carbocycles. The molecule has 0 fully saturated rings. The zero-order chi connectivity index (χ0) is 12.3. The molecule has 1 rings (SSSR count). The summed E-state index contributed by atoms with van der Waals surface area (Å²) in [4.78, 5) is 10.4. The van der Waals surface area contributed by atoms with Gasteiger partial charge in [0.15, 0.2) is 0 Å². The molecule has 4 nitrogen and oxygen atoms in total. The molecule has 0 bridgehead atoms. The van der Waals surface area contributed by atoms with Crippen LogP contribution in [0.15, 0.2) is 18.2 Å². The third kappa shape index (κ3) is 3.12. The molecule has 88 valence electrons. The van der Waals surface area contributed by atoms with Crippen molar-refractivity contribution in [1.82, 2.24) is 5.06 Å². The zero-order valence-corrected chi connectivity index (χ0v) is 9.90. The SMILES string of the molecule is Cc1ccc(C(C)CN(O)C(=O)O)cc1Cl. The van der Waals surface area contributed by atoms with Gasteiger partial charge in [-0.2, -0.15) is 5.06 Å². The van der Waals surface area contributed by atoms with Gasteiger partial charge in [-0.25, -0.2) is 4.79 Å². The fraction of sp³-hybridized carbons (Fsp3) is 0.364. The molecule has 0 heterocycles. The first-order valence-electron chi connectivity index (χ1n) is 4.87. The van der Waals surface area contributed by atoms with Crippen LogP contribution in [0.5, 0.6) is 0 Å². The van der Waals surface area contributed by atoms with E-state index in [4.69, 9.17) is 21.9 Å². The average molecular weight is 244 g/mol. The van der Waals surface area contributed by atoms with E-state index in [2.05, 4.69) is 0 Å². The lowest BCUT2D eigenvalue weighted by Crippen LogP contribution is -2.29. The van der Waals surface area contributed by atoms with E-state index >= 15 is 0 Å². The molecule has 0 radical (unpaired) electrons. The standard InChI is InChI=1S/C11H14ClNO3/c1-7-3-4-9(5-10(7)12)8(2)6-13(16)11(14)15/h3-5,8,16H,6H2,1-2H3,(H,14,15). The molecular weight excluding hydrogens is 230 g/mol. The van der Waals surface area contributed by atoms with Gasteiger partial charge in [-0.3, -0.25) is 5.21 Å². The lowest BCUT2D eigenvalue weighted by Gasteiger charge is -2.17. The van der Waals surface area contributed by atoms with Crippen molar-refractivity contribution >= 4 is 17.7 Å². The lowest BCUT2D eigenvalue weighted by atomic mass is 10.00. The molecule has 5 heteroatoms. The largest absolute Gasteiger partial charge is 0.463 e. The Kier molecular flexibility index (Phi) is 4.15. The Morgan fingerprint density at radius 3 is 2.69 bits per heavy atom. The number of benzene rings is 1. The fourth-order valence-electron chi connectivity index (χ4n) is 1.36. The van der Waals surface area contributed by atoms with Gasteiger partial charge in [0.25, 0.3) is 0 Å². The van der Waals surface area contributed by atoms with Crippen LogP contribution in [0.3, 0.4) is 0 Å². The molecule has 1 atom stereocenters. The van der Waals surface area contributed by atoms with E-state index in [1.54, 1.807) is 6.07 Å². The van der Waals surface area contributed by atoms with Crippen molar-refractivity contribution in [3.05, 3.63) is 34.3 Å². The molecule has 0 aromatic heterocycles. The molecular formula is C11H14ClNO3. The van der Waals surface area contributed by atoms with Crippen LogP contribution in [-0.2, 0) is 0 Å². The Morgan fingerprint density at radius 1 is 1.56 bits per heavy atom. The second kappa shape index (κ2) is 5.18. The third-order valence-corrected chi connectivity index (χ3v) is 2.84. The van der Waals surface area contributed by atoms with E-state index in [9.17, 15) is 4.79 Å². The van der Waals surface area contributed by atoms with Crippen LogP contribution >= 0.6 is 11.6 Å². The van der Waals surface area contributed by atoms with Crippen molar-refractivity contribution in [1.29, 1.82) is 0 Å². The van der Waals surface area contributed by atoms with Crippen LogP contribution in [-0.4, -0.2) is 28.0 Å². The van der Waals surface area contributed by atoms with Gasteiger partial charge in [-0.05, 0) is 24.1 Å². The first-order valence-corrected chi connectivity index (χ1v) is 5.25. The molecule has 1 aromatic carbocycles. The van der Waals surface area contributed by atoms with Gasteiger partial charge in [0.2, 0.25) is 0 Å². The Labute approximate surface area is 99.0 Å². The molecule has 0 aliphatic rings. The van der Waals surface area contributed by atoms with Gasteiger partial charge in [0, 0.05) is 10.9 Å².